The smallest absolute Gasteiger partial charge is 0.252 e. The summed E-state index contributed by atoms with van der Waals surface area (Å²) in [7, 11) is 1.63. The summed E-state index contributed by atoms with van der Waals surface area (Å²) < 4.78 is 15.5. The molecule has 2 heterocycles. The van der Waals surface area contributed by atoms with Gasteiger partial charge in [0.2, 0.25) is 5.91 Å². The fourth-order valence-electron chi connectivity index (χ4n) is 2.52. The first-order valence-electron chi connectivity index (χ1n) is 7.79. The SMILES string of the molecule is COCCOCc1nc(C2CCN(C(=O)C(C)C)CC2)no1. The van der Waals surface area contributed by atoms with Crippen molar-refractivity contribution in [2.75, 3.05) is 33.4 Å². The van der Waals surface area contributed by atoms with E-state index in [4.69, 9.17) is 14.0 Å². The molecule has 1 saturated heterocycles. The number of amides is 1. The number of methoxy groups -OCH3 is 1. The van der Waals surface area contributed by atoms with E-state index in [0.29, 0.717) is 25.7 Å². The van der Waals surface area contributed by atoms with Crippen LogP contribution in [-0.4, -0.2) is 54.4 Å². The molecule has 7 nitrogen and oxygen atoms in total. The number of nitrogens with zero attached hydrogens (tertiary/aromatic N) is 3. The van der Waals surface area contributed by atoms with E-state index in [2.05, 4.69) is 10.1 Å². The second-order valence-corrected chi connectivity index (χ2v) is 5.85. The molecule has 1 aliphatic heterocycles. The van der Waals surface area contributed by atoms with Gasteiger partial charge in [-0.1, -0.05) is 19.0 Å². The van der Waals surface area contributed by atoms with Gasteiger partial charge in [0, 0.05) is 32.0 Å². The van der Waals surface area contributed by atoms with Gasteiger partial charge in [-0.15, -0.1) is 0 Å². The molecule has 22 heavy (non-hydrogen) atoms. The Kier molecular flexibility index (Phi) is 6.33. The molecule has 2 rings (SSSR count). The van der Waals surface area contributed by atoms with Gasteiger partial charge in [-0.2, -0.15) is 4.98 Å². The average molecular weight is 311 g/mol. The maximum absolute atomic E-state index is 12.0. The van der Waals surface area contributed by atoms with Crippen molar-refractivity contribution < 1.29 is 18.8 Å². The Hall–Kier alpha value is -1.47. The van der Waals surface area contributed by atoms with Gasteiger partial charge in [0.15, 0.2) is 5.82 Å². The predicted molar refractivity (Wildman–Crippen MR) is 79.2 cm³/mol. The summed E-state index contributed by atoms with van der Waals surface area (Å²) in [6.07, 6.45) is 1.75. The molecule has 1 aliphatic rings. The first kappa shape index (κ1) is 16.9. The van der Waals surface area contributed by atoms with E-state index in [-0.39, 0.29) is 17.7 Å². The maximum atomic E-state index is 12.0. The fraction of sp³-hybridized carbons (Fsp3) is 0.800. The van der Waals surface area contributed by atoms with Crippen molar-refractivity contribution in [2.24, 2.45) is 5.92 Å². The first-order chi connectivity index (χ1) is 10.6. The Morgan fingerprint density at radius 1 is 1.36 bits per heavy atom. The van der Waals surface area contributed by atoms with E-state index in [9.17, 15) is 4.79 Å². The third-order valence-electron chi connectivity index (χ3n) is 3.81. The Morgan fingerprint density at radius 3 is 2.73 bits per heavy atom. The first-order valence-corrected chi connectivity index (χ1v) is 7.79. The quantitative estimate of drug-likeness (QED) is 0.712. The molecule has 0 atom stereocenters. The van der Waals surface area contributed by atoms with Gasteiger partial charge in [-0.05, 0) is 12.8 Å². The van der Waals surface area contributed by atoms with Crippen LogP contribution in [0.4, 0.5) is 0 Å². The molecule has 0 bridgehead atoms. The molecule has 0 saturated carbocycles. The van der Waals surface area contributed by atoms with Gasteiger partial charge in [-0.3, -0.25) is 4.79 Å². The number of rotatable bonds is 7. The lowest BCUT2D eigenvalue weighted by molar-refractivity contribution is -0.135. The van der Waals surface area contributed by atoms with E-state index >= 15 is 0 Å². The Balaban J connectivity index is 1.79. The minimum atomic E-state index is 0.0533. The number of hydrogen-bond donors (Lipinski definition) is 0. The summed E-state index contributed by atoms with van der Waals surface area (Å²) in [5.41, 5.74) is 0. The third-order valence-corrected chi connectivity index (χ3v) is 3.81. The van der Waals surface area contributed by atoms with Crippen LogP contribution in [0.3, 0.4) is 0 Å². The number of carbonyl (C=O) groups excluding carboxylic acids is 1. The molecule has 0 unspecified atom stereocenters. The van der Waals surface area contributed by atoms with E-state index in [1.807, 2.05) is 18.7 Å². The normalized spacial score (nSPS) is 16.5. The topological polar surface area (TPSA) is 77.7 Å². The summed E-state index contributed by atoms with van der Waals surface area (Å²) in [6, 6.07) is 0. The van der Waals surface area contributed by atoms with Gasteiger partial charge < -0.3 is 18.9 Å². The fourth-order valence-corrected chi connectivity index (χ4v) is 2.52. The molecule has 1 amide bonds. The molecule has 0 radical (unpaired) electrons. The molecule has 1 aromatic rings. The summed E-state index contributed by atoms with van der Waals surface area (Å²) in [6.45, 7) is 6.74. The van der Waals surface area contributed by atoms with Gasteiger partial charge >= 0.3 is 0 Å². The van der Waals surface area contributed by atoms with Crippen LogP contribution in [0.1, 0.15) is 44.3 Å². The summed E-state index contributed by atoms with van der Waals surface area (Å²) in [5, 5.41) is 4.04. The molecular formula is C15H25N3O4. The molecule has 124 valence electrons. The maximum Gasteiger partial charge on any atom is 0.252 e. The lowest BCUT2D eigenvalue weighted by Crippen LogP contribution is -2.40. The second-order valence-electron chi connectivity index (χ2n) is 5.85. The third kappa shape index (κ3) is 4.51. The van der Waals surface area contributed by atoms with Crippen LogP contribution >= 0.6 is 0 Å². The van der Waals surface area contributed by atoms with E-state index in [1.165, 1.54) is 0 Å². The van der Waals surface area contributed by atoms with Gasteiger partial charge in [-0.25, -0.2) is 0 Å². The highest BCUT2D eigenvalue weighted by atomic mass is 16.5. The number of hydrogen-bond acceptors (Lipinski definition) is 6. The summed E-state index contributed by atoms with van der Waals surface area (Å²) in [5.74, 6) is 1.75. The molecule has 0 aliphatic carbocycles. The molecular weight excluding hydrogens is 286 g/mol. The molecule has 0 aromatic carbocycles. The van der Waals surface area contributed by atoms with Crippen LogP contribution in [0.2, 0.25) is 0 Å². The number of piperidine rings is 1. The summed E-state index contributed by atoms with van der Waals surface area (Å²) in [4.78, 5) is 18.3. The lowest BCUT2D eigenvalue weighted by atomic mass is 9.95. The van der Waals surface area contributed by atoms with E-state index < -0.39 is 0 Å². The molecule has 0 spiro atoms. The second kappa shape index (κ2) is 8.24. The van der Waals surface area contributed by atoms with Crippen molar-refractivity contribution in [3.05, 3.63) is 11.7 Å². The van der Waals surface area contributed by atoms with Crippen LogP contribution in [0.15, 0.2) is 4.52 Å². The predicted octanol–water partition coefficient (Wildman–Crippen LogP) is 1.59. The Labute approximate surface area is 131 Å². The van der Waals surface area contributed by atoms with E-state index in [0.717, 1.165) is 31.8 Å². The lowest BCUT2D eigenvalue weighted by Gasteiger charge is -2.31. The molecule has 7 heteroatoms. The van der Waals surface area contributed by atoms with Crippen molar-refractivity contribution >= 4 is 5.91 Å². The van der Waals surface area contributed by atoms with Crippen molar-refractivity contribution in [3.63, 3.8) is 0 Å². The molecule has 1 fully saturated rings. The number of carbonyl (C=O) groups is 1. The highest BCUT2D eigenvalue weighted by molar-refractivity contribution is 5.78. The van der Waals surface area contributed by atoms with Crippen molar-refractivity contribution in [1.29, 1.82) is 0 Å². The number of likely N-dealkylation sites (tertiary alicyclic amines) is 1. The van der Waals surface area contributed by atoms with Gasteiger partial charge in [0.05, 0.1) is 13.2 Å². The van der Waals surface area contributed by atoms with Gasteiger partial charge in [0.1, 0.15) is 6.61 Å². The highest BCUT2D eigenvalue weighted by Gasteiger charge is 2.27. The zero-order valence-corrected chi connectivity index (χ0v) is 13.6. The molecule has 0 N–H and O–H groups in total. The standard InChI is InChI=1S/C15H25N3O4/c1-11(2)15(19)18-6-4-12(5-7-18)14-16-13(22-17-14)10-21-9-8-20-3/h11-12H,4-10H2,1-3H3. The van der Waals surface area contributed by atoms with E-state index in [1.54, 1.807) is 7.11 Å². The van der Waals surface area contributed by atoms with Gasteiger partial charge in [0.25, 0.3) is 5.89 Å². The minimum absolute atomic E-state index is 0.0533. The van der Waals surface area contributed by atoms with Crippen LogP contribution < -0.4 is 0 Å². The largest absolute Gasteiger partial charge is 0.382 e. The summed E-state index contributed by atoms with van der Waals surface area (Å²) >= 11 is 0. The van der Waals surface area contributed by atoms with Crippen LogP contribution in [0.5, 0.6) is 0 Å². The van der Waals surface area contributed by atoms with Crippen molar-refractivity contribution in [1.82, 2.24) is 15.0 Å². The van der Waals surface area contributed by atoms with Crippen molar-refractivity contribution in [2.45, 2.75) is 39.2 Å². The average Bonchev–Trinajstić information content (AvgIpc) is 3.00. The Morgan fingerprint density at radius 2 is 2.09 bits per heavy atom. The highest BCUT2D eigenvalue weighted by Crippen LogP contribution is 2.26. The zero-order valence-electron chi connectivity index (χ0n) is 13.6. The molecule has 1 aromatic heterocycles. The minimum Gasteiger partial charge on any atom is -0.382 e. The zero-order chi connectivity index (χ0) is 15.9. The monoisotopic (exact) mass is 311 g/mol. The van der Waals surface area contributed by atoms with Crippen LogP contribution in [0.25, 0.3) is 0 Å². The van der Waals surface area contributed by atoms with Crippen LogP contribution in [0, 0.1) is 5.92 Å². The number of ether oxygens (including phenoxy) is 2. The van der Waals surface area contributed by atoms with Crippen molar-refractivity contribution in [3.8, 4) is 0 Å². The van der Waals surface area contributed by atoms with Crippen LogP contribution in [-0.2, 0) is 20.9 Å². The number of aromatic nitrogens is 2. The Bertz CT molecular complexity index is 467.